The highest BCUT2D eigenvalue weighted by Gasteiger charge is 2.23. The molecular weight excluding hydrogens is 256 g/mol. The van der Waals surface area contributed by atoms with E-state index in [0.29, 0.717) is 24.5 Å². The molecular formula is C14H20N4O2. The van der Waals surface area contributed by atoms with Gasteiger partial charge in [0.15, 0.2) is 5.65 Å². The molecule has 1 unspecified atom stereocenters. The van der Waals surface area contributed by atoms with Gasteiger partial charge in [-0.2, -0.15) is 0 Å². The van der Waals surface area contributed by atoms with Crippen molar-refractivity contribution in [3.63, 3.8) is 0 Å². The molecule has 108 valence electrons. The molecule has 0 amide bonds. The maximum Gasteiger partial charge on any atom is 0.316 e. The van der Waals surface area contributed by atoms with E-state index in [1.165, 1.54) is 0 Å². The van der Waals surface area contributed by atoms with Gasteiger partial charge in [-0.25, -0.2) is 9.97 Å². The summed E-state index contributed by atoms with van der Waals surface area (Å²) >= 11 is 0. The molecule has 2 heterocycles. The fourth-order valence-corrected chi connectivity index (χ4v) is 2.03. The first-order chi connectivity index (χ1) is 9.56. The Morgan fingerprint density at radius 3 is 2.70 bits per heavy atom. The van der Waals surface area contributed by atoms with Gasteiger partial charge in [-0.1, -0.05) is 6.92 Å². The van der Waals surface area contributed by atoms with Crippen LogP contribution in [0.4, 0.5) is 5.82 Å². The third kappa shape index (κ3) is 2.74. The van der Waals surface area contributed by atoms with Gasteiger partial charge in [0.25, 0.3) is 0 Å². The van der Waals surface area contributed by atoms with Gasteiger partial charge in [0.05, 0.1) is 12.1 Å². The molecule has 0 fully saturated rings. The van der Waals surface area contributed by atoms with Crippen molar-refractivity contribution < 1.29 is 9.53 Å². The zero-order chi connectivity index (χ0) is 14.7. The number of H-pyrrole nitrogens is 1. The first-order valence-electron chi connectivity index (χ1n) is 6.77. The normalized spacial score (nSPS) is 12.4. The number of carbonyl (C=O) groups is 1. The predicted octanol–water partition coefficient (Wildman–Crippen LogP) is 2.08. The molecule has 6 heteroatoms. The quantitative estimate of drug-likeness (QED) is 0.847. The lowest BCUT2D eigenvalue weighted by Gasteiger charge is -2.10. The minimum Gasteiger partial charge on any atom is -0.465 e. The van der Waals surface area contributed by atoms with Crippen LogP contribution in [0.2, 0.25) is 0 Å². The summed E-state index contributed by atoms with van der Waals surface area (Å²) in [4.78, 5) is 25.9. The maximum atomic E-state index is 11.9. The van der Waals surface area contributed by atoms with Crippen LogP contribution in [-0.2, 0) is 9.53 Å². The molecule has 20 heavy (non-hydrogen) atoms. The van der Waals surface area contributed by atoms with E-state index in [1.54, 1.807) is 6.92 Å². The first kappa shape index (κ1) is 14.3. The van der Waals surface area contributed by atoms with Crippen molar-refractivity contribution in [1.29, 1.82) is 0 Å². The number of aromatic amines is 1. The van der Waals surface area contributed by atoms with E-state index >= 15 is 0 Å². The third-order valence-electron chi connectivity index (χ3n) is 3.12. The number of hydrogen-bond donors (Lipinski definition) is 1. The summed E-state index contributed by atoms with van der Waals surface area (Å²) in [5, 5.41) is 0. The van der Waals surface area contributed by atoms with Crippen molar-refractivity contribution in [3.05, 3.63) is 18.0 Å². The van der Waals surface area contributed by atoms with Crippen molar-refractivity contribution in [2.24, 2.45) is 0 Å². The molecule has 0 aliphatic heterocycles. The Kier molecular flexibility index (Phi) is 4.22. The largest absolute Gasteiger partial charge is 0.465 e. The van der Waals surface area contributed by atoms with Crippen molar-refractivity contribution in [2.75, 3.05) is 25.6 Å². The number of aromatic nitrogens is 3. The van der Waals surface area contributed by atoms with E-state index in [1.807, 2.05) is 38.1 Å². The van der Waals surface area contributed by atoms with Gasteiger partial charge >= 0.3 is 5.97 Å². The molecule has 0 aliphatic carbocycles. The van der Waals surface area contributed by atoms with Gasteiger partial charge in [0.2, 0.25) is 0 Å². The van der Waals surface area contributed by atoms with Gasteiger partial charge in [-0.15, -0.1) is 0 Å². The zero-order valence-electron chi connectivity index (χ0n) is 12.3. The summed E-state index contributed by atoms with van der Waals surface area (Å²) in [6.07, 6.45) is 0.638. The van der Waals surface area contributed by atoms with Gasteiger partial charge < -0.3 is 14.6 Å². The monoisotopic (exact) mass is 276 g/mol. The Balaban J connectivity index is 2.37. The highest BCUT2D eigenvalue weighted by atomic mass is 16.5. The van der Waals surface area contributed by atoms with E-state index < -0.39 is 0 Å². The molecule has 0 spiro atoms. The van der Waals surface area contributed by atoms with Gasteiger partial charge in [0, 0.05) is 14.1 Å². The summed E-state index contributed by atoms with van der Waals surface area (Å²) in [6.45, 7) is 4.11. The first-order valence-corrected chi connectivity index (χ1v) is 6.77. The predicted molar refractivity (Wildman–Crippen MR) is 77.9 cm³/mol. The Hall–Kier alpha value is -2.11. The van der Waals surface area contributed by atoms with Crippen molar-refractivity contribution in [2.45, 2.75) is 26.2 Å². The fraction of sp³-hybridized carbons (Fsp3) is 0.500. The second kappa shape index (κ2) is 5.90. The topological polar surface area (TPSA) is 71.1 Å². The Bertz CT molecular complexity index is 606. The van der Waals surface area contributed by atoms with Crippen LogP contribution in [-0.4, -0.2) is 41.6 Å². The molecule has 6 nitrogen and oxygen atoms in total. The van der Waals surface area contributed by atoms with Gasteiger partial charge in [-0.05, 0) is 25.5 Å². The number of esters is 1. The highest BCUT2D eigenvalue weighted by molar-refractivity contribution is 5.79. The van der Waals surface area contributed by atoms with Crippen LogP contribution < -0.4 is 4.90 Å². The number of rotatable bonds is 5. The number of nitrogens with zero attached hydrogens (tertiary/aromatic N) is 3. The fourth-order valence-electron chi connectivity index (χ4n) is 2.03. The zero-order valence-corrected chi connectivity index (χ0v) is 12.3. The summed E-state index contributed by atoms with van der Waals surface area (Å²) in [6, 6.07) is 3.83. The van der Waals surface area contributed by atoms with Crippen LogP contribution in [0, 0.1) is 0 Å². The van der Waals surface area contributed by atoms with Crippen LogP contribution in [0.15, 0.2) is 12.1 Å². The highest BCUT2D eigenvalue weighted by Crippen LogP contribution is 2.22. The lowest BCUT2D eigenvalue weighted by molar-refractivity contribution is -0.145. The molecule has 0 aliphatic rings. The molecule has 1 atom stereocenters. The van der Waals surface area contributed by atoms with E-state index in [0.717, 1.165) is 11.3 Å². The number of fused-ring (bicyclic) bond motifs is 1. The molecule has 2 aromatic heterocycles. The summed E-state index contributed by atoms with van der Waals surface area (Å²) in [5.41, 5.74) is 1.45. The smallest absolute Gasteiger partial charge is 0.316 e. The van der Waals surface area contributed by atoms with Gasteiger partial charge in [-0.3, -0.25) is 4.79 Å². The SMILES string of the molecule is CCOC(=O)C(CC)c1nc2nc(N(C)C)ccc2[nH]1. The minimum atomic E-state index is -0.369. The number of imidazole rings is 1. The molecule has 1 N–H and O–H groups in total. The van der Waals surface area contributed by atoms with Crippen LogP contribution >= 0.6 is 0 Å². The number of pyridine rings is 1. The Morgan fingerprint density at radius 2 is 2.10 bits per heavy atom. The number of hydrogen-bond acceptors (Lipinski definition) is 5. The van der Waals surface area contributed by atoms with Crippen molar-refractivity contribution >= 4 is 23.0 Å². The standard InChI is InChI=1S/C14H20N4O2/c1-5-9(14(19)20-6-2)12-15-10-7-8-11(18(3)4)16-13(10)17-12/h7-9H,5-6H2,1-4H3,(H,15,16,17). The molecule has 0 bridgehead atoms. The average molecular weight is 276 g/mol. The van der Waals surface area contributed by atoms with E-state index in [9.17, 15) is 4.79 Å². The van der Waals surface area contributed by atoms with Crippen molar-refractivity contribution in [1.82, 2.24) is 15.0 Å². The summed E-state index contributed by atoms with van der Waals surface area (Å²) < 4.78 is 5.08. The number of anilines is 1. The second-order valence-corrected chi connectivity index (χ2v) is 4.77. The lowest BCUT2D eigenvalue weighted by atomic mass is 10.1. The van der Waals surface area contributed by atoms with E-state index in [2.05, 4.69) is 15.0 Å². The van der Waals surface area contributed by atoms with Crippen LogP contribution in [0.3, 0.4) is 0 Å². The van der Waals surface area contributed by atoms with Crippen molar-refractivity contribution in [3.8, 4) is 0 Å². The van der Waals surface area contributed by atoms with Crippen LogP contribution in [0.1, 0.15) is 32.0 Å². The van der Waals surface area contributed by atoms with Gasteiger partial charge in [0.1, 0.15) is 17.6 Å². The molecule has 0 saturated carbocycles. The Labute approximate surface area is 118 Å². The minimum absolute atomic E-state index is 0.248. The van der Waals surface area contributed by atoms with Crippen LogP contribution in [0.5, 0.6) is 0 Å². The number of nitrogens with one attached hydrogen (secondary N) is 1. The lowest BCUT2D eigenvalue weighted by Crippen LogP contribution is -2.16. The molecule has 2 aromatic rings. The molecule has 2 rings (SSSR count). The summed E-state index contributed by atoms with van der Waals surface area (Å²) in [5.74, 6) is 0.831. The molecule has 0 aromatic carbocycles. The molecule has 0 saturated heterocycles. The number of ether oxygens (including phenoxy) is 1. The van der Waals surface area contributed by atoms with Crippen LogP contribution in [0.25, 0.3) is 11.2 Å². The Morgan fingerprint density at radius 1 is 1.35 bits per heavy atom. The third-order valence-corrected chi connectivity index (χ3v) is 3.12. The number of carbonyl (C=O) groups excluding carboxylic acids is 1. The van der Waals surface area contributed by atoms with E-state index in [4.69, 9.17) is 4.74 Å². The van der Waals surface area contributed by atoms with E-state index in [-0.39, 0.29) is 11.9 Å². The second-order valence-electron chi connectivity index (χ2n) is 4.77. The molecule has 0 radical (unpaired) electrons. The average Bonchev–Trinajstić information content (AvgIpc) is 2.82. The summed E-state index contributed by atoms with van der Waals surface area (Å²) in [7, 11) is 3.85. The maximum absolute atomic E-state index is 11.9.